The SMILES string of the molecule is COC(=O)/C=C/CCN.O=C(O)C(F)(F)F. The van der Waals surface area contributed by atoms with E-state index in [0.29, 0.717) is 6.54 Å². The zero-order valence-corrected chi connectivity index (χ0v) is 8.45. The molecule has 8 heteroatoms. The van der Waals surface area contributed by atoms with E-state index in [1.807, 2.05) is 0 Å². The van der Waals surface area contributed by atoms with E-state index in [2.05, 4.69) is 4.74 Å². The molecular formula is C8H12F3NO4. The van der Waals surface area contributed by atoms with Crippen molar-refractivity contribution in [2.24, 2.45) is 5.73 Å². The maximum absolute atomic E-state index is 10.6. The van der Waals surface area contributed by atoms with E-state index in [-0.39, 0.29) is 5.97 Å². The molecule has 3 N–H and O–H groups in total. The number of carbonyl (C=O) groups excluding carboxylic acids is 1. The number of esters is 1. The zero-order chi connectivity index (χ0) is 13.2. The Balaban J connectivity index is 0. The summed E-state index contributed by atoms with van der Waals surface area (Å²) in [6.45, 7) is 0.563. The van der Waals surface area contributed by atoms with Crippen LogP contribution in [0, 0.1) is 0 Å². The summed E-state index contributed by atoms with van der Waals surface area (Å²) in [5.41, 5.74) is 5.15. The fourth-order valence-corrected chi connectivity index (χ4v) is 0.344. The number of nitrogens with two attached hydrogens (primary N) is 1. The quantitative estimate of drug-likeness (QED) is 0.562. The molecule has 0 saturated heterocycles. The lowest BCUT2D eigenvalue weighted by molar-refractivity contribution is -0.192. The molecule has 0 bridgehead atoms. The largest absolute Gasteiger partial charge is 0.490 e. The molecule has 0 rings (SSSR count). The Morgan fingerprint density at radius 1 is 1.44 bits per heavy atom. The predicted molar refractivity (Wildman–Crippen MR) is 48.5 cm³/mol. The minimum Gasteiger partial charge on any atom is -0.475 e. The van der Waals surface area contributed by atoms with Crippen LogP contribution in [0.1, 0.15) is 6.42 Å². The summed E-state index contributed by atoms with van der Waals surface area (Å²) in [5, 5.41) is 7.12. The maximum atomic E-state index is 10.6. The Morgan fingerprint density at radius 2 is 1.88 bits per heavy atom. The van der Waals surface area contributed by atoms with Crippen molar-refractivity contribution in [1.82, 2.24) is 0 Å². The van der Waals surface area contributed by atoms with Gasteiger partial charge in [0.2, 0.25) is 0 Å². The molecule has 0 aromatic carbocycles. The number of carboxylic acid groups (broad SMARTS) is 1. The third kappa shape index (κ3) is 12.4. The monoisotopic (exact) mass is 243 g/mol. The molecule has 0 aliphatic heterocycles. The smallest absolute Gasteiger partial charge is 0.475 e. The van der Waals surface area contributed by atoms with Gasteiger partial charge in [0.25, 0.3) is 0 Å². The Kier molecular flexibility index (Phi) is 9.18. The van der Waals surface area contributed by atoms with E-state index < -0.39 is 12.1 Å². The lowest BCUT2D eigenvalue weighted by Gasteiger charge is -1.93. The predicted octanol–water partition coefficient (Wildman–Crippen LogP) is 0.698. The van der Waals surface area contributed by atoms with Gasteiger partial charge >= 0.3 is 18.1 Å². The van der Waals surface area contributed by atoms with Crippen molar-refractivity contribution < 1.29 is 32.6 Å². The van der Waals surface area contributed by atoms with Crippen LogP contribution in [0.25, 0.3) is 0 Å². The number of hydrogen-bond acceptors (Lipinski definition) is 4. The molecule has 5 nitrogen and oxygen atoms in total. The van der Waals surface area contributed by atoms with Crippen molar-refractivity contribution >= 4 is 11.9 Å². The summed E-state index contributed by atoms with van der Waals surface area (Å²) in [4.78, 5) is 19.2. The first kappa shape index (κ1) is 16.8. The average Bonchev–Trinajstić information content (AvgIpc) is 2.17. The summed E-state index contributed by atoms with van der Waals surface area (Å²) in [7, 11) is 1.34. The van der Waals surface area contributed by atoms with E-state index in [0.717, 1.165) is 6.42 Å². The molecule has 0 unspecified atom stereocenters. The van der Waals surface area contributed by atoms with Crippen molar-refractivity contribution in [3.05, 3.63) is 12.2 Å². The van der Waals surface area contributed by atoms with Gasteiger partial charge in [-0.1, -0.05) is 6.08 Å². The van der Waals surface area contributed by atoms with Gasteiger partial charge in [-0.05, 0) is 13.0 Å². The van der Waals surface area contributed by atoms with Gasteiger partial charge in [-0.15, -0.1) is 0 Å². The lowest BCUT2D eigenvalue weighted by atomic mass is 10.4. The second-order valence-corrected chi connectivity index (χ2v) is 2.31. The highest BCUT2D eigenvalue weighted by Crippen LogP contribution is 2.13. The van der Waals surface area contributed by atoms with Crippen LogP contribution in [0.3, 0.4) is 0 Å². The van der Waals surface area contributed by atoms with Crippen LogP contribution in [0.2, 0.25) is 0 Å². The van der Waals surface area contributed by atoms with Gasteiger partial charge < -0.3 is 15.6 Å². The van der Waals surface area contributed by atoms with E-state index >= 15 is 0 Å². The second-order valence-electron chi connectivity index (χ2n) is 2.31. The molecule has 0 aliphatic rings. The molecule has 0 aromatic heterocycles. The second kappa shape index (κ2) is 8.72. The van der Waals surface area contributed by atoms with Crippen molar-refractivity contribution in [3.8, 4) is 0 Å². The summed E-state index contributed by atoms with van der Waals surface area (Å²) in [6.07, 6.45) is -1.31. The highest BCUT2D eigenvalue weighted by atomic mass is 19.4. The standard InChI is InChI=1S/C6H11NO2.C2HF3O2/c1-9-6(8)4-2-3-5-7;3-2(4,5)1(6)7/h2,4H,3,5,7H2,1H3;(H,6,7)/b4-2+;. The molecule has 0 heterocycles. The van der Waals surface area contributed by atoms with Crippen LogP contribution in [0.15, 0.2) is 12.2 Å². The number of alkyl halides is 3. The normalized spacial score (nSPS) is 10.6. The Labute approximate surface area is 89.7 Å². The van der Waals surface area contributed by atoms with Gasteiger partial charge in [-0.3, -0.25) is 0 Å². The Hall–Kier alpha value is -1.57. The van der Waals surface area contributed by atoms with Crippen molar-refractivity contribution in [2.45, 2.75) is 12.6 Å². The number of hydrogen-bond donors (Lipinski definition) is 2. The molecule has 0 fully saturated rings. The van der Waals surface area contributed by atoms with E-state index in [1.54, 1.807) is 6.08 Å². The number of carboxylic acids is 1. The van der Waals surface area contributed by atoms with Crippen LogP contribution in [-0.4, -0.2) is 36.9 Å². The van der Waals surface area contributed by atoms with Crippen LogP contribution in [-0.2, 0) is 14.3 Å². The van der Waals surface area contributed by atoms with Gasteiger partial charge in [-0.2, -0.15) is 13.2 Å². The molecule has 94 valence electrons. The van der Waals surface area contributed by atoms with Gasteiger partial charge in [0.15, 0.2) is 0 Å². The first-order valence-electron chi connectivity index (χ1n) is 4.00. The number of rotatable bonds is 3. The third-order valence-corrected chi connectivity index (χ3v) is 1.03. The van der Waals surface area contributed by atoms with Crippen LogP contribution < -0.4 is 5.73 Å². The van der Waals surface area contributed by atoms with Crippen molar-refractivity contribution in [3.63, 3.8) is 0 Å². The fraction of sp³-hybridized carbons (Fsp3) is 0.500. The minimum absolute atomic E-state index is 0.330. The summed E-state index contributed by atoms with van der Waals surface area (Å²) >= 11 is 0. The lowest BCUT2D eigenvalue weighted by Crippen LogP contribution is -2.21. The minimum atomic E-state index is -5.08. The molecule has 0 spiro atoms. The topological polar surface area (TPSA) is 89.6 Å². The number of aliphatic carboxylic acids is 1. The highest BCUT2D eigenvalue weighted by molar-refractivity contribution is 5.81. The average molecular weight is 243 g/mol. The molecule has 0 amide bonds. The van der Waals surface area contributed by atoms with Crippen LogP contribution in [0.4, 0.5) is 13.2 Å². The zero-order valence-electron chi connectivity index (χ0n) is 8.45. The Morgan fingerprint density at radius 3 is 2.12 bits per heavy atom. The Bertz CT molecular complexity index is 250. The number of ether oxygens (including phenoxy) is 1. The summed E-state index contributed by atoms with van der Waals surface area (Å²) in [5.74, 6) is -3.09. The summed E-state index contributed by atoms with van der Waals surface area (Å²) in [6, 6.07) is 0. The first-order valence-corrected chi connectivity index (χ1v) is 4.00. The van der Waals surface area contributed by atoms with E-state index in [4.69, 9.17) is 15.6 Å². The highest BCUT2D eigenvalue weighted by Gasteiger charge is 2.38. The maximum Gasteiger partial charge on any atom is 0.490 e. The number of methoxy groups -OCH3 is 1. The molecule has 0 atom stereocenters. The third-order valence-electron chi connectivity index (χ3n) is 1.03. The van der Waals surface area contributed by atoms with Crippen LogP contribution >= 0.6 is 0 Å². The van der Waals surface area contributed by atoms with Crippen molar-refractivity contribution in [2.75, 3.05) is 13.7 Å². The van der Waals surface area contributed by atoms with Gasteiger partial charge in [0.05, 0.1) is 7.11 Å². The molecule has 0 aromatic rings. The first-order chi connectivity index (χ1) is 7.25. The molecular weight excluding hydrogens is 231 g/mol. The fourth-order valence-electron chi connectivity index (χ4n) is 0.344. The number of carbonyl (C=O) groups is 2. The molecule has 0 radical (unpaired) electrons. The van der Waals surface area contributed by atoms with Crippen LogP contribution in [0.5, 0.6) is 0 Å². The molecule has 0 aliphatic carbocycles. The van der Waals surface area contributed by atoms with Gasteiger partial charge in [0.1, 0.15) is 0 Å². The molecule has 0 saturated carbocycles. The molecule has 16 heavy (non-hydrogen) atoms. The van der Waals surface area contributed by atoms with Gasteiger partial charge in [0, 0.05) is 6.08 Å². The van der Waals surface area contributed by atoms with Gasteiger partial charge in [-0.25, -0.2) is 9.59 Å². The van der Waals surface area contributed by atoms with E-state index in [1.165, 1.54) is 13.2 Å². The van der Waals surface area contributed by atoms with Crippen molar-refractivity contribution in [1.29, 1.82) is 0 Å². The summed E-state index contributed by atoms with van der Waals surface area (Å²) < 4.78 is 36.1. The van der Waals surface area contributed by atoms with E-state index in [9.17, 15) is 18.0 Å². The number of halogens is 3.